The third kappa shape index (κ3) is 3.30. The molecule has 20 heavy (non-hydrogen) atoms. The predicted molar refractivity (Wildman–Crippen MR) is 76.2 cm³/mol. The molecule has 0 aromatic heterocycles. The molecule has 1 aromatic carbocycles. The molecule has 108 valence electrons. The van der Waals surface area contributed by atoms with Gasteiger partial charge in [-0.25, -0.2) is 8.78 Å². The third-order valence-electron chi connectivity index (χ3n) is 3.49. The van der Waals surface area contributed by atoms with Crippen molar-refractivity contribution in [3.63, 3.8) is 0 Å². The number of hydrogen-bond acceptors (Lipinski definition) is 2. The molecule has 0 bridgehead atoms. The standard InChI is InChI=1S/C14H16F2N2OS/c15-10-5-4-9(7-11(10)16)8-13(19)18-6-2-1-3-12(18)14(17)20/h4-5,7,12H,1-3,6,8H2,(H2,17,20). The van der Waals surface area contributed by atoms with Crippen molar-refractivity contribution in [2.24, 2.45) is 5.73 Å². The van der Waals surface area contributed by atoms with Crippen molar-refractivity contribution < 1.29 is 13.6 Å². The normalized spacial score (nSPS) is 18.9. The number of nitrogens with zero attached hydrogens (tertiary/aromatic N) is 1. The quantitative estimate of drug-likeness (QED) is 0.870. The van der Waals surface area contributed by atoms with Crippen molar-refractivity contribution in [1.82, 2.24) is 4.90 Å². The highest BCUT2D eigenvalue weighted by Gasteiger charge is 2.28. The Bertz CT molecular complexity index is 536. The maximum Gasteiger partial charge on any atom is 0.227 e. The van der Waals surface area contributed by atoms with Crippen LogP contribution >= 0.6 is 12.2 Å². The highest BCUT2D eigenvalue weighted by molar-refractivity contribution is 7.80. The van der Waals surface area contributed by atoms with Crippen LogP contribution in [0.2, 0.25) is 0 Å². The average Bonchev–Trinajstić information content (AvgIpc) is 2.43. The number of amides is 1. The highest BCUT2D eigenvalue weighted by Crippen LogP contribution is 2.19. The van der Waals surface area contributed by atoms with E-state index in [4.69, 9.17) is 18.0 Å². The van der Waals surface area contributed by atoms with Crippen LogP contribution in [-0.2, 0) is 11.2 Å². The first-order chi connectivity index (χ1) is 9.49. The number of piperidine rings is 1. The highest BCUT2D eigenvalue weighted by atomic mass is 32.1. The number of thiocarbonyl (C=S) groups is 1. The van der Waals surface area contributed by atoms with Crippen molar-refractivity contribution in [2.45, 2.75) is 31.7 Å². The molecule has 1 saturated heterocycles. The van der Waals surface area contributed by atoms with Crippen molar-refractivity contribution in [3.8, 4) is 0 Å². The first-order valence-corrected chi connectivity index (χ1v) is 6.92. The number of likely N-dealkylation sites (tertiary alicyclic amines) is 1. The molecule has 0 saturated carbocycles. The van der Waals surface area contributed by atoms with Gasteiger partial charge in [0, 0.05) is 6.54 Å². The van der Waals surface area contributed by atoms with E-state index in [0.717, 1.165) is 31.4 Å². The van der Waals surface area contributed by atoms with Gasteiger partial charge in [0.05, 0.1) is 17.5 Å². The second-order valence-corrected chi connectivity index (χ2v) is 5.40. The number of hydrogen-bond donors (Lipinski definition) is 1. The maximum absolute atomic E-state index is 13.1. The van der Waals surface area contributed by atoms with Gasteiger partial charge in [-0.3, -0.25) is 4.79 Å². The van der Waals surface area contributed by atoms with Crippen molar-refractivity contribution in [1.29, 1.82) is 0 Å². The van der Waals surface area contributed by atoms with E-state index in [-0.39, 0.29) is 18.4 Å². The van der Waals surface area contributed by atoms with Gasteiger partial charge in [-0.1, -0.05) is 18.3 Å². The van der Waals surface area contributed by atoms with E-state index in [0.29, 0.717) is 17.1 Å². The first-order valence-electron chi connectivity index (χ1n) is 6.51. The van der Waals surface area contributed by atoms with Gasteiger partial charge in [-0.15, -0.1) is 0 Å². The molecule has 1 atom stereocenters. The van der Waals surface area contributed by atoms with E-state index in [2.05, 4.69) is 0 Å². The van der Waals surface area contributed by atoms with Gasteiger partial charge in [0.1, 0.15) is 0 Å². The SMILES string of the molecule is NC(=S)C1CCCCN1C(=O)Cc1ccc(F)c(F)c1. The number of carbonyl (C=O) groups excluding carboxylic acids is 1. The Hall–Kier alpha value is -1.56. The summed E-state index contributed by atoms with van der Waals surface area (Å²) < 4.78 is 26.0. The Morgan fingerprint density at radius 3 is 2.75 bits per heavy atom. The summed E-state index contributed by atoms with van der Waals surface area (Å²) in [6.45, 7) is 0.602. The van der Waals surface area contributed by atoms with Crippen LogP contribution in [-0.4, -0.2) is 28.4 Å². The van der Waals surface area contributed by atoms with Crippen LogP contribution < -0.4 is 5.73 Å². The zero-order chi connectivity index (χ0) is 14.7. The summed E-state index contributed by atoms with van der Waals surface area (Å²) in [5.74, 6) is -2.02. The minimum absolute atomic E-state index is 0.0241. The van der Waals surface area contributed by atoms with E-state index >= 15 is 0 Å². The van der Waals surface area contributed by atoms with Gasteiger partial charge in [0.25, 0.3) is 0 Å². The minimum atomic E-state index is -0.945. The van der Waals surface area contributed by atoms with Crippen LogP contribution in [0.25, 0.3) is 0 Å². The molecule has 0 spiro atoms. The van der Waals surface area contributed by atoms with Crippen LogP contribution in [0.4, 0.5) is 8.78 Å². The van der Waals surface area contributed by atoms with Gasteiger partial charge in [-0.05, 0) is 37.0 Å². The Balaban J connectivity index is 2.09. The van der Waals surface area contributed by atoms with E-state index in [1.807, 2.05) is 0 Å². The van der Waals surface area contributed by atoms with Gasteiger partial charge in [0.15, 0.2) is 11.6 Å². The molecule has 6 heteroatoms. The summed E-state index contributed by atoms with van der Waals surface area (Å²) in [7, 11) is 0. The van der Waals surface area contributed by atoms with E-state index < -0.39 is 11.6 Å². The molecule has 1 aliphatic heterocycles. The molecular formula is C14H16F2N2OS. The molecule has 3 nitrogen and oxygen atoms in total. The number of nitrogens with two attached hydrogens (primary N) is 1. The molecule has 1 unspecified atom stereocenters. The van der Waals surface area contributed by atoms with Crippen LogP contribution in [0.1, 0.15) is 24.8 Å². The second-order valence-electron chi connectivity index (χ2n) is 4.93. The van der Waals surface area contributed by atoms with Crippen LogP contribution in [0, 0.1) is 11.6 Å². The van der Waals surface area contributed by atoms with E-state index in [1.54, 1.807) is 4.90 Å². The third-order valence-corrected chi connectivity index (χ3v) is 3.76. The number of rotatable bonds is 3. The molecule has 1 fully saturated rings. The molecule has 2 N–H and O–H groups in total. The van der Waals surface area contributed by atoms with Crippen molar-refractivity contribution >= 4 is 23.1 Å². The van der Waals surface area contributed by atoms with Gasteiger partial charge in [0.2, 0.25) is 5.91 Å². The van der Waals surface area contributed by atoms with Crippen LogP contribution in [0.3, 0.4) is 0 Å². The lowest BCUT2D eigenvalue weighted by Gasteiger charge is -2.35. The molecule has 0 aliphatic carbocycles. The molecular weight excluding hydrogens is 282 g/mol. The second kappa shape index (κ2) is 6.26. The van der Waals surface area contributed by atoms with Crippen LogP contribution in [0.5, 0.6) is 0 Å². The lowest BCUT2D eigenvalue weighted by atomic mass is 10.0. The summed E-state index contributed by atoms with van der Waals surface area (Å²) in [6.07, 6.45) is 2.68. The van der Waals surface area contributed by atoms with E-state index in [9.17, 15) is 13.6 Å². The molecule has 0 radical (unpaired) electrons. The predicted octanol–water partition coefficient (Wildman–Crippen LogP) is 2.17. The lowest BCUT2D eigenvalue weighted by Crippen LogP contribution is -2.50. The summed E-state index contributed by atoms with van der Waals surface area (Å²) in [6, 6.07) is 3.26. The summed E-state index contributed by atoms with van der Waals surface area (Å²) in [5.41, 5.74) is 6.11. The number of benzene rings is 1. The lowest BCUT2D eigenvalue weighted by molar-refractivity contribution is -0.132. The van der Waals surface area contributed by atoms with Crippen molar-refractivity contribution in [2.75, 3.05) is 6.54 Å². The molecule has 1 amide bonds. The first kappa shape index (κ1) is 14.8. The van der Waals surface area contributed by atoms with Gasteiger partial charge < -0.3 is 10.6 Å². The average molecular weight is 298 g/mol. The Labute approximate surface area is 121 Å². The summed E-state index contributed by atoms with van der Waals surface area (Å²) in [5, 5.41) is 0. The smallest absolute Gasteiger partial charge is 0.227 e. The monoisotopic (exact) mass is 298 g/mol. The Kier molecular flexibility index (Phi) is 4.65. The number of halogens is 2. The molecule has 1 aromatic rings. The number of carbonyl (C=O) groups is 1. The fourth-order valence-electron chi connectivity index (χ4n) is 2.45. The molecule has 1 heterocycles. The Morgan fingerprint density at radius 2 is 2.10 bits per heavy atom. The van der Waals surface area contributed by atoms with E-state index in [1.165, 1.54) is 6.07 Å². The van der Waals surface area contributed by atoms with Gasteiger partial charge >= 0.3 is 0 Å². The fourth-order valence-corrected chi connectivity index (χ4v) is 2.70. The maximum atomic E-state index is 13.1. The van der Waals surface area contributed by atoms with Crippen LogP contribution in [0.15, 0.2) is 18.2 Å². The Morgan fingerprint density at radius 1 is 1.35 bits per heavy atom. The minimum Gasteiger partial charge on any atom is -0.392 e. The van der Waals surface area contributed by atoms with Crippen molar-refractivity contribution in [3.05, 3.63) is 35.4 Å². The molecule has 1 aliphatic rings. The summed E-state index contributed by atoms with van der Waals surface area (Å²) >= 11 is 4.99. The zero-order valence-corrected chi connectivity index (χ0v) is 11.8. The summed E-state index contributed by atoms with van der Waals surface area (Å²) in [4.78, 5) is 14.2. The molecule has 2 rings (SSSR count). The topological polar surface area (TPSA) is 46.3 Å². The van der Waals surface area contributed by atoms with Gasteiger partial charge in [-0.2, -0.15) is 0 Å². The largest absolute Gasteiger partial charge is 0.392 e. The zero-order valence-electron chi connectivity index (χ0n) is 10.9. The fraction of sp³-hybridized carbons (Fsp3) is 0.429.